The summed E-state index contributed by atoms with van der Waals surface area (Å²) in [4.78, 5) is 12.7. The molecule has 1 aromatic rings. The molecule has 1 aromatic carbocycles. The van der Waals surface area contributed by atoms with E-state index in [1.165, 1.54) is 12.1 Å². The summed E-state index contributed by atoms with van der Waals surface area (Å²) < 4.78 is 18.7. The van der Waals surface area contributed by atoms with Crippen molar-refractivity contribution in [1.82, 2.24) is 4.90 Å². The molecule has 0 saturated carbocycles. The van der Waals surface area contributed by atoms with Crippen molar-refractivity contribution in [2.75, 3.05) is 26.7 Å². The summed E-state index contributed by atoms with van der Waals surface area (Å²) in [6.45, 7) is 1.45. The third-order valence-electron chi connectivity index (χ3n) is 3.80. The number of ether oxygens (including phenoxy) is 1. The zero-order valence-corrected chi connectivity index (χ0v) is 11.6. The molecule has 1 saturated heterocycles. The lowest BCUT2D eigenvalue weighted by Crippen LogP contribution is -2.46. The largest absolute Gasteiger partial charge is 0.480 e. The minimum atomic E-state index is -0.814. The predicted octanol–water partition coefficient (Wildman–Crippen LogP) is 1.79. The molecule has 0 amide bonds. The van der Waals surface area contributed by atoms with Gasteiger partial charge >= 0.3 is 5.97 Å². The van der Waals surface area contributed by atoms with E-state index in [9.17, 15) is 9.18 Å². The van der Waals surface area contributed by atoms with E-state index in [0.717, 1.165) is 18.5 Å². The van der Waals surface area contributed by atoms with Crippen LogP contribution in [0.15, 0.2) is 24.3 Å². The summed E-state index contributed by atoms with van der Waals surface area (Å²) in [6, 6.07) is 6.55. The van der Waals surface area contributed by atoms with Crippen molar-refractivity contribution in [3.8, 4) is 0 Å². The van der Waals surface area contributed by atoms with E-state index < -0.39 is 5.97 Å². The van der Waals surface area contributed by atoms with Crippen molar-refractivity contribution >= 4 is 5.97 Å². The molecule has 4 nitrogen and oxygen atoms in total. The van der Waals surface area contributed by atoms with Gasteiger partial charge in [-0.05, 0) is 30.5 Å². The van der Waals surface area contributed by atoms with Crippen molar-refractivity contribution in [1.29, 1.82) is 0 Å². The second-order valence-electron chi connectivity index (χ2n) is 5.29. The Kier molecular flexibility index (Phi) is 5.09. The van der Waals surface area contributed by atoms with Crippen molar-refractivity contribution in [3.63, 3.8) is 0 Å². The number of hydrogen-bond acceptors (Lipinski definition) is 3. The summed E-state index contributed by atoms with van der Waals surface area (Å²) >= 11 is 0. The molecule has 5 heteroatoms. The molecule has 1 aliphatic rings. The zero-order chi connectivity index (χ0) is 14.5. The number of halogens is 1. The van der Waals surface area contributed by atoms with Crippen LogP contribution in [0.25, 0.3) is 0 Å². The van der Waals surface area contributed by atoms with Crippen molar-refractivity contribution in [2.45, 2.75) is 18.9 Å². The van der Waals surface area contributed by atoms with Gasteiger partial charge in [-0.1, -0.05) is 12.1 Å². The third kappa shape index (κ3) is 4.02. The molecule has 110 valence electrons. The first-order valence-corrected chi connectivity index (χ1v) is 6.80. The Balaban J connectivity index is 2.03. The van der Waals surface area contributed by atoms with Crippen LogP contribution in [0.5, 0.6) is 0 Å². The van der Waals surface area contributed by atoms with Crippen LogP contribution in [0.4, 0.5) is 4.39 Å². The van der Waals surface area contributed by atoms with Crippen LogP contribution in [-0.4, -0.2) is 48.8 Å². The van der Waals surface area contributed by atoms with Gasteiger partial charge in [0, 0.05) is 26.1 Å². The highest BCUT2D eigenvalue weighted by Gasteiger charge is 2.30. The fourth-order valence-corrected chi connectivity index (χ4v) is 2.89. The number of carboxylic acid groups (broad SMARTS) is 1. The highest BCUT2D eigenvalue weighted by Crippen LogP contribution is 2.23. The molecule has 1 fully saturated rings. The first-order chi connectivity index (χ1) is 9.58. The Bertz CT molecular complexity index is 466. The zero-order valence-electron chi connectivity index (χ0n) is 11.6. The highest BCUT2D eigenvalue weighted by atomic mass is 19.1. The lowest BCUT2D eigenvalue weighted by atomic mass is 9.88. The van der Waals surface area contributed by atoms with Gasteiger partial charge in [0.25, 0.3) is 0 Å². The molecule has 0 bridgehead atoms. The average molecular weight is 281 g/mol. The second-order valence-corrected chi connectivity index (χ2v) is 5.29. The summed E-state index contributed by atoms with van der Waals surface area (Å²) in [5.74, 6) is -0.866. The smallest absolute Gasteiger partial charge is 0.317 e. The minimum absolute atomic E-state index is 0.0517. The molecular formula is C15H20FNO3. The van der Waals surface area contributed by atoms with Crippen LogP contribution in [0.1, 0.15) is 12.0 Å². The third-order valence-corrected chi connectivity index (χ3v) is 3.80. The van der Waals surface area contributed by atoms with Gasteiger partial charge in [0.15, 0.2) is 0 Å². The Labute approximate surface area is 118 Å². The van der Waals surface area contributed by atoms with E-state index in [1.54, 1.807) is 13.2 Å². The van der Waals surface area contributed by atoms with Crippen LogP contribution >= 0.6 is 0 Å². The topological polar surface area (TPSA) is 49.8 Å². The van der Waals surface area contributed by atoms with Crippen LogP contribution in [0.3, 0.4) is 0 Å². The number of likely N-dealkylation sites (tertiary alicyclic amines) is 1. The molecule has 1 aliphatic heterocycles. The molecule has 2 rings (SSSR count). The number of rotatable bonds is 5. The summed E-state index contributed by atoms with van der Waals surface area (Å²) in [5.41, 5.74) is 0.925. The quantitative estimate of drug-likeness (QED) is 0.894. The molecule has 0 unspecified atom stereocenters. The monoisotopic (exact) mass is 281 g/mol. The van der Waals surface area contributed by atoms with Crippen molar-refractivity contribution in [2.24, 2.45) is 5.92 Å². The van der Waals surface area contributed by atoms with Gasteiger partial charge in [0.05, 0.1) is 12.6 Å². The van der Waals surface area contributed by atoms with E-state index in [1.807, 2.05) is 11.0 Å². The number of methoxy groups -OCH3 is 1. The highest BCUT2D eigenvalue weighted by molar-refractivity contribution is 5.69. The van der Waals surface area contributed by atoms with Gasteiger partial charge in [-0.25, -0.2) is 4.39 Å². The van der Waals surface area contributed by atoms with Gasteiger partial charge < -0.3 is 9.84 Å². The molecule has 0 aromatic heterocycles. The maximum Gasteiger partial charge on any atom is 0.317 e. The normalized spacial score (nSPS) is 23.7. The Morgan fingerprint density at radius 3 is 3.00 bits per heavy atom. The van der Waals surface area contributed by atoms with Gasteiger partial charge in [0.2, 0.25) is 0 Å². The van der Waals surface area contributed by atoms with Crippen LogP contribution < -0.4 is 0 Å². The number of carbonyl (C=O) groups is 1. The van der Waals surface area contributed by atoms with Gasteiger partial charge in [-0.3, -0.25) is 9.69 Å². The molecule has 0 radical (unpaired) electrons. The van der Waals surface area contributed by atoms with Gasteiger partial charge in [-0.15, -0.1) is 0 Å². The maximum atomic E-state index is 13.2. The first kappa shape index (κ1) is 14.9. The fourth-order valence-electron chi connectivity index (χ4n) is 2.89. The number of carboxylic acids is 1. The Morgan fingerprint density at radius 2 is 2.35 bits per heavy atom. The predicted molar refractivity (Wildman–Crippen MR) is 73.1 cm³/mol. The van der Waals surface area contributed by atoms with Crippen molar-refractivity contribution < 1.29 is 19.0 Å². The number of aliphatic carboxylic acids is 1. The summed E-state index contributed by atoms with van der Waals surface area (Å²) in [7, 11) is 1.68. The van der Waals surface area contributed by atoms with E-state index in [0.29, 0.717) is 13.0 Å². The van der Waals surface area contributed by atoms with E-state index >= 15 is 0 Å². The Hall–Kier alpha value is -1.46. The first-order valence-electron chi connectivity index (χ1n) is 6.80. The molecule has 1 heterocycles. The van der Waals surface area contributed by atoms with Crippen LogP contribution in [0, 0.1) is 11.7 Å². The summed E-state index contributed by atoms with van der Waals surface area (Å²) in [5, 5.41) is 8.88. The minimum Gasteiger partial charge on any atom is -0.480 e. The fraction of sp³-hybridized carbons (Fsp3) is 0.533. The lowest BCUT2D eigenvalue weighted by molar-refractivity contribution is -0.139. The van der Waals surface area contributed by atoms with Crippen LogP contribution in [-0.2, 0) is 16.0 Å². The number of benzene rings is 1. The van der Waals surface area contributed by atoms with Crippen LogP contribution in [0.2, 0.25) is 0 Å². The van der Waals surface area contributed by atoms with Crippen molar-refractivity contribution in [3.05, 3.63) is 35.6 Å². The molecule has 2 atom stereocenters. The van der Waals surface area contributed by atoms with E-state index in [-0.39, 0.29) is 24.4 Å². The number of nitrogens with zero attached hydrogens (tertiary/aromatic N) is 1. The van der Waals surface area contributed by atoms with Gasteiger partial charge in [0.1, 0.15) is 5.82 Å². The SMILES string of the molecule is CO[C@@H]1CCN(CC(=O)O)C[C@H]1Cc1cccc(F)c1. The molecule has 1 N–H and O–H groups in total. The molecular weight excluding hydrogens is 261 g/mol. The molecule has 20 heavy (non-hydrogen) atoms. The molecule has 0 aliphatic carbocycles. The lowest BCUT2D eigenvalue weighted by Gasteiger charge is -2.37. The number of hydrogen-bond donors (Lipinski definition) is 1. The second kappa shape index (κ2) is 6.81. The standard InChI is InChI=1S/C15H20FNO3/c1-20-14-5-6-17(10-15(18)19)9-12(14)7-11-3-2-4-13(16)8-11/h2-4,8,12,14H,5-7,9-10H2,1H3,(H,18,19)/t12-,14-/m1/s1. The number of piperidine rings is 1. The average Bonchev–Trinajstić information content (AvgIpc) is 2.38. The molecule has 0 spiro atoms. The Morgan fingerprint density at radius 1 is 1.55 bits per heavy atom. The summed E-state index contributed by atoms with van der Waals surface area (Å²) in [6.07, 6.45) is 1.61. The van der Waals surface area contributed by atoms with E-state index in [2.05, 4.69) is 0 Å². The van der Waals surface area contributed by atoms with E-state index in [4.69, 9.17) is 9.84 Å². The maximum absolute atomic E-state index is 13.2. The van der Waals surface area contributed by atoms with Gasteiger partial charge in [-0.2, -0.15) is 0 Å².